The number of amides is 1. The van der Waals surface area contributed by atoms with Crippen molar-refractivity contribution in [2.24, 2.45) is 7.05 Å². The monoisotopic (exact) mass is 265 g/mol. The van der Waals surface area contributed by atoms with Crippen molar-refractivity contribution in [2.75, 3.05) is 6.54 Å². The van der Waals surface area contributed by atoms with Crippen LogP contribution in [0.5, 0.6) is 0 Å². The maximum atomic E-state index is 11.8. The Hall–Kier alpha value is -1.95. The Balaban J connectivity index is 1.90. The van der Waals surface area contributed by atoms with E-state index >= 15 is 0 Å². The van der Waals surface area contributed by atoms with Gasteiger partial charge in [-0.1, -0.05) is 11.6 Å². The van der Waals surface area contributed by atoms with E-state index in [1.807, 2.05) is 11.6 Å². The van der Waals surface area contributed by atoms with Crippen LogP contribution in [0.1, 0.15) is 16.2 Å². The fourth-order valence-electron chi connectivity index (χ4n) is 1.48. The largest absolute Gasteiger partial charge is 0.352 e. The van der Waals surface area contributed by atoms with Crippen LogP contribution in [0.4, 0.5) is 0 Å². The Morgan fingerprint density at radius 2 is 2.39 bits per heavy atom. The number of nitrogens with one attached hydrogen (secondary N) is 1. The number of halogens is 1. The lowest BCUT2D eigenvalue weighted by Gasteiger charge is -2.05. The van der Waals surface area contributed by atoms with E-state index in [-0.39, 0.29) is 5.91 Å². The Bertz CT molecular complexity index is 554. The lowest BCUT2D eigenvalue weighted by molar-refractivity contribution is 0.0954. The van der Waals surface area contributed by atoms with Crippen molar-refractivity contribution in [1.29, 1.82) is 0 Å². The molecule has 0 radical (unpaired) electrons. The fraction of sp³-hybridized carbons (Fsp3) is 0.273. The van der Waals surface area contributed by atoms with Gasteiger partial charge >= 0.3 is 0 Å². The number of hydrogen-bond donors (Lipinski definition) is 1. The van der Waals surface area contributed by atoms with Crippen LogP contribution in [-0.4, -0.2) is 32.2 Å². The number of aromatic nitrogens is 4. The molecular formula is C11H12ClN5O. The number of aryl methyl sites for hydroxylation is 1. The second kappa shape index (κ2) is 5.59. The van der Waals surface area contributed by atoms with Gasteiger partial charge in [-0.3, -0.25) is 9.78 Å². The summed E-state index contributed by atoms with van der Waals surface area (Å²) in [6.45, 7) is 0.476. The van der Waals surface area contributed by atoms with Crippen LogP contribution in [-0.2, 0) is 13.5 Å². The molecule has 94 valence electrons. The van der Waals surface area contributed by atoms with Gasteiger partial charge in [-0.25, -0.2) is 0 Å². The number of nitrogens with zero attached hydrogens (tertiary/aromatic N) is 4. The first-order valence-electron chi connectivity index (χ1n) is 5.39. The maximum Gasteiger partial charge on any atom is 0.252 e. The number of carbonyl (C=O) groups is 1. The molecule has 0 aliphatic heterocycles. The molecule has 7 heteroatoms. The molecule has 0 atom stereocenters. The third kappa shape index (κ3) is 2.84. The van der Waals surface area contributed by atoms with Crippen molar-refractivity contribution in [3.8, 4) is 0 Å². The Labute approximate surface area is 109 Å². The van der Waals surface area contributed by atoms with E-state index in [1.165, 1.54) is 12.4 Å². The molecule has 0 aliphatic carbocycles. The number of pyridine rings is 1. The normalized spacial score (nSPS) is 10.3. The number of hydrogen-bond acceptors (Lipinski definition) is 4. The minimum absolute atomic E-state index is 0.218. The second-order valence-electron chi connectivity index (χ2n) is 3.72. The molecule has 0 saturated heterocycles. The van der Waals surface area contributed by atoms with Crippen molar-refractivity contribution >= 4 is 17.5 Å². The molecule has 2 rings (SSSR count). The average Bonchev–Trinajstić information content (AvgIpc) is 2.75. The van der Waals surface area contributed by atoms with Crippen molar-refractivity contribution < 1.29 is 4.79 Å². The lowest BCUT2D eigenvalue weighted by atomic mass is 10.2. The van der Waals surface area contributed by atoms with Gasteiger partial charge in [-0.2, -0.15) is 0 Å². The van der Waals surface area contributed by atoms with Gasteiger partial charge in [0.1, 0.15) is 12.2 Å². The van der Waals surface area contributed by atoms with Gasteiger partial charge in [0.2, 0.25) is 0 Å². The summed E-state index contributed by atoms with van der Waals surface area (Å²) in [6.07, 6.45) is 5.21. The van der Waals surface area contributed by atoms with Crippen LogP contribution in [0, 0.1) is 0 Å². The summed E-state index contributed by atoms with van der Waals surface area (Å²) in [7, 11) is 1.86. The molecule has 0 saturated carbocycles. The molecule has 0 aromatic carbocycles. The minimum Gasteiger partial charge on any atom is -0.352 e. The van der Waals surface area contributed by atoms with Crippen molar-refractivity contribution in [3.05, 3.63) is 41.2 Å². The molecule has 0 spiro atoms. The number of carbonyl (C=O) groups excluding carboxylic acids is 1. The lowest BCUT2D eigenvalue weighted by Crippen LogP contribution is -2.26. The van der Waals surface area contributed by atoms with Crippen LogP contribution < -0.4 is 5.32 Å². The molecule has 1 amide bonds. The second-order valence-corrected chi connectivity index (χ2v) is 4.13. The summed E-state index contributed by atoms with van der Waals surface area (Å²) in [5.41, 5.74) is 0.421. The van der Waals surface area contributed by atoms with Crippen LogP contribution >= 0.6 is 11.6 Å². The Kier molecular flexibility index (Phi) is 3.88. The molecule has 0 aliphatic rings. The van der Waals surface area contributed by atoms with E-state index in [0.29, 0.717) is 23.6 Å². The Morgan fingerprint density at radius 3 is 3.06 bits per heavy atom. The van der Waals surface area contributed by atoms with E-state index in [1.54, 1.807) is 12.4 Å². The van der Waals surface area contributed by atoms with E-state index in [4.69, 9.17) is 11.6 Å². The predicted octanol–water partition coefficient (Wildman–Crippen LogP) is 0.836. The average molecular weight is 266 g/mol. The van der Waals surface area contributed by atoms with Crippen LogP contribution in [0.3, 0.4) is 0 Å². The third-order valence-electron chi connectivity index (χ3n) is 2.46. The SMILES string of the molecule is Cn1cnnc1CCNC(=O)c1ccncc1Cl. The van der Waals surface area contributed by atoms with E-state index in [2.05, 4.69) is 20.5 Å². The standard InChI is InChI=1S/C11H12ClN5O/c1-17-7-15-16-10(17)3-5-14-11(18)8-2-4-13-6-9(8)12/h2,4,6-7H,3,5H2,1H3,(H,14,18). The van der Waals surface area contributed by atoms with Gasteiger partial charge in [0.25, 0.3) is 5.91 Å². The zero-order valence-corrected chi connectivity index (χ0v) is 10.6. The smallest absolute Gasteiger partial charge is 0.252 e. The van der Waals surface area contributed by atoms with Crippen molar-refractivity contribution in [1.82, 2.24) is 25.1 Å². The fourth-order valence-corrected chi connectivity index (χ4v) is 1.68. The van der Waals surface area contributed by atoms with E-state index < -0.39 is 0 Å². The summed E-state index contributed by atoms with van der Waals surface area (Å²) < 4.78 is 1.81. The van der Waals surface area contributed by atoms with Gasteiger partial charge in [-0.05, 0) is 6.07 Å². The van der Waals surface area contributed by atoms with E-state index in [0.717, 1.165) is 5.82 Å². The molecule has 2 heterocycles. The molecular weight excluding hydrogens is 254 g/mol. The summed E-state index contributed by atoms with van der Waals surface area (Å²) in [6, 6.07) is 1.58. The highest BCUT2D eigenvalue weighted by molar-refractivity contribution is 6.33. The zero-order chi connectivity index (χ0) is 13.0. The van der Waals surface area contributed by atoms with Gasteiger partial charge < -0.3 is 9.88 Å². The topological polar surface area (TPSA) is 72.7 Å². The highest BCUT2D eigenvalue weighted by atomic mass is 35.5. The van der Waals surface area contributed by atoms with Gasteiger partial charge in [-0.15, -0.1) is 10.2 Å². The predicted molar refractivity (Wildman–Crippen MR) is 66.3 cm³/mol. The summed E-state index contributed by atoms with van der Waals surface area (Å²) in [5.74, 6) is 0.598. The zero-order valence-electron chi connectivity index (χ0n) is 9.80. The van der Waals surface area contributed by atoms with Crippen LogP contribution in [0.2, 0.25) is 5.02 Å². The molecule has 0 unspecified atom stereocenters. The molecule has 0 fully saturated rings. The first-order valence-corrected chi connectivity index (χ1v) is 5.77. The highest BCUT2D eigenvalue weighted by Crippen LogP contribution is 2.12. The third-order valence-corrected chi connectivity index (χ3v) is 2.76. The molecule has 2 aromatic heterocycles. The first-order chi connectivity index (χ1) is 8.68. The van der Waals surface area contributed by atoms with Crippen molar-refractivity contribution in [3.63, 3.8) is 0 Å². The Morgan fingerprint density at radius 1 is 1.56 bits per heavy atom. The van der Waals surface area contributed by atoms with Crippen molar-refractivity contribution in [2.45, 2.75) is 6.42 Å². The van der Waals surface area contributed by atoms with Gasteiger partial charge in [0, 0.05) is 32.4 Å². The molecule has 0 bridgehead atoms. The quantitative estimate of drug-likeness (QED) is 0.889. The van der Waals surface area contributed by atoms with Crippen LogP contribution in [0.25, 0.3) is 0 Å². The van der Waals surface area contributed by atoms with Crippen LogP contribution in [0.15, 0.2) is 24.8 Å². The molecule has 1 N–H and O–H groups in total. The van der Waals surface area contributed by atoms with Gasteiger partial charge in [0.05, 0.1) is 10.6 Å². The highest BCUT2D eigenvalue weighted by Gasteiger charge is 2.09. The summed E-state index contributed by atoms with van der Waals surface area (Å²) in [4.78, 5) is 15.6. The summed E-state index contributed by atoms with van der Waals surface area (Å²) in [5, 5.41) is 10.8. The molecule has 6 nitrogen and oxygen atoms in total. The molecule has 18 heavy (non-hydrogen) atoms. The maximum absolute atomic E-state index is 11.8. The minimum atomic E-state index is -0.218. The molecule has 2 aromatic rings. The summed E-state index contributed by atoms with van der Waals surface area (Å²) >= 11 is 5.87. The number of rotatable bonds is 4. The van der Waals surface area contributed by atoms with E-state index in [9.17, 15) is 4.79 Å². The van der Waals surface area contributed by atoms with Gasteiger partial charge in [0.15, 0.2) is 0 Å². The first kappa shape index (κ1) is 12.5.